The molecule has 0 saturated heterocycles. The normalized spacial score (nSPS) is 11.8. The lowest BCUT2D eigenvalue weighted by Gasteiger charge is -2.13. The lowest BCUT2D eigenvalue weighted by atomic mass is 9.88. The SMILES string of the molecule is CC.CC(=O)C(C(=O)c1ccc(S(C)(=O)=O)cc1)c1ccccc1. The Morgan fingerprint density at radius 3 is 1.79 bits per heavy atom. The molecule has 1 atom stereocenters. The first kappa shape index (κ1) is 19.8. The molecule has 2 rings (SSSR count). The van der Waals surface area contributed by atoms with Gasteiger partial charge in [0.05, 0.1) is 4.90 Å². The van der Waals surface area contributed by atoms with Crippen molar-refractivity contribution < 1.29 is 18.0 Å². The van der Waals surface area contributed by atoms with Crippen LogP contribution in [-0.4, -0.2) is 26.2 Å². The Balaban J connectivity index is 0.00000139. The highest BCUT2D eigenvalue weighted by atomic mass is 32.2. The van der Waals surface area contributed by atoms with Crippen LogP contribution in [-0.2, 0) is 14.6 Å². The second-order valence-electron chi connectivity index (χ2n) is 5.12. The highest BCUT2D eigenvalue weighted by Crippen LogP contribution is 2.23. The number of benzene rings is 2. The molecule has 5 heteroatoms. The van der Waals surface area contributed by atoms with Gasteiger partial charge < -0.3 is 0 Å². The van der Waals surface area contributed by atoms with Gasteiger partial charge >= 0.3 is 0 Å². The van der Waals surface area contributed by atoms with Gasteiger partial charge in [-0.2, -0.15) is 0 Å². The van der Waals surface area contributed by atoms with E-state index in [1.54, 1.807) is 24.3 Å². The van der Waals surface area contributed by atoms with Crippen molar-refractivity contribution >= 4 is 21.4 Å². The Hall–Kier alpha value is -2.27. The summed E-state index contributed by atoms with van der Waals surface area (Å²) in [6, 6.07) is 14.5. The van der Waals surface area contributed by atoms with Gasteiger partial charge in [-0.05, 0) is 24.6 Å². The maximum absolute atomic E-state index is 12.6. The summed E-state index contributed by atoms with van der Waals surface area (Å²) in [5.74, 6) is -1.45. The molecule has 0 heterocycles. The van der Waals surface area contributed by atoms with Gasteiger partial charge in [-0.15, -0.1) is 0 Å². The minimum atomic E-state index is -3.31. The van der Waals surface area contributed by atoms with Crippen LogP contribution in [0.2, 0.25) is 0 Å². The summed E-state index contributed by atoms with van der Waals surface area (Å²) in [4.78, 5) is 24.6. The number of Topliss-reactive ketones (excluding diaryl/α,β-unsaturated/α-hetero) is 2. The summed E-state index contributed by atoms with van der Waals surface area (Å²) in [5.41, 5.74) is 0.948. The molecule has 2 aromatic carbocycles. The van der Waals surface area contributed by atoms with E-state index in [1.807, 2.05) is 19.9 Å². The van der Waals surface area contributed by atoms with Gasteiger partial charge in [-0.3, -0.25) is 9.59 Å². The molecule has 0 aliphatic heterocycles. The molecule has 0 amide bonds. The molecule has 128 valence electrons. The summed E-state index contributed by atoms with van der Waals surface area (Å²) in [5, 5.41) is 0. The van der Waals surface area contributed by atoms with E-state index < -0.39 is 15.8 Å². The lowest BCUT2D eigenvalue weighted by Crippen LogP contribution is -2.20. The fourth-order valence-corrected chi connectivity index (χ4v) is 2.88. The standard InChI is InChI=1S/C17H16O4S.C2H6/c1-12(18)16(13-6-4-3-5-7-13)17(19)14-8-10-15(11-9-14)22(2,20)21;1-2/h3-11,16H,1-2H3;1-2H3. The van der Waals surface area contributed by atoms with Crippen molar-refractivity contribution in [3.05, 3.63) is 65.7 Å². The number of rotatable bonds is 5. The first-order valence-corrected chi connectivity index (χ1v) is 9.59. The third kappa shape index (κ3) is 4.86. The molecule has 0 fully saturated rings. The Bertz CT molecular complexity index is 791. The molecule has 0 bridgehead atoms. The van der Waals surface area contributed by atoms with Crippen LogP contribution in [0.25, 0.3) is 0 Å². The maximum Gasteiger partial charge on any atom is 0.177 e. The molecule has 2 aromatic rings. The summed E-state index contributed by atoms with van der Waals surface area (Å²) < 4.78 is 22.9. The number of hydrogen-bond acceptors (Lipinski definition) is 4. The average Bonchev–Trinajstić information content (AvgIpc) is 2.57. The van der Waals surface area contributed by atoms with Crippen LogP contribution in [0, 0.1) is 0 Å². The van der Waals surface area contributed by atoms with Crippen molar-refractivity contribution in [2.75, 3.05) is 6.26 Å². The monoisotopic (exact) mass is 346 g/mol. The molecule has 24 heavy (non-hydrogen) atoms. The first-order chi connectivity index (χ1) is 11.3. The largest absolute Gasteiger partial charge is 0.299 e. The highest BCUT2D eigenvalue weighted by Gasteiger charge is 2.26. The van der Waals surface area contributed by atoms with E-state index in [2.05, 4.69) is 0 Å². The van der Waals surface area contributed by atoms with Crippen LogP contribution in [0.5, 0.6) is 0 Å². The number of sulfone groups is 1. The van der Waals surface area contributed by atoms with E-state index in [0.717, 1.165) is 6.26 Å². The minimum Gasteiger partial charge on any atom is -0.299 e. The Morgan fingerprint density at radius 1 is 0.875 bits per heavy atom. The lowest BCUT2D eigenvalue weighted by molar-refractivity contribution is -0.117. The van der Waals surface area contributed by atoms with E-state index in [0.29, 0.717) is 11.1 Å². The van der Waals surface area contributed by atoms with Crippen molar-refractivity contribution in [1.82, 2.24) is 0 Å². The predicted molar refractivity (Wildman–Crippen MR) is 95.1 cm³/mol. The van der Waals surface area contributed by atoms with Crippen molar-refractivity contribution in [2.24, 2.45) is 0 Å². The molecule has 0 saturated carbocycles. The third-order valence-electron chi connectivity index (χ3n) is 3.37. The van der Waals surface area contributed by atoms with Gasteiger partial charge in [-0.25, -0.2) is 8.42 Å². The molecule has 4 nitrogen and oxygen atoms in total. The first-order valence-electron chi connectivity index (χ1n) is 7.70. The summed E-state index contributed by atoms with van der Waals surface area (Å²) in [6.07, 6.45) is 1.10. The van der Waals surface area contributed by atoms with Crippen molar-refractivity contribution in [2.45, 2.75) is 31.6 Å². The molecule has 0 aliphatic rings. The Kier molecular flexibility index (Phi) is 7.04. The van der Waals surface area contributed by atoms with Crippen LogP contribution < -0.4 is 0 Å². The van der Waals surface area contributed by atoms with Gasteiger partial charge in [-0.1, -0.05) is 56.3 Å². The van der Waals surface area contributed by atoms with Crippen molar-refractivity contribution in [3.8, 4) is 0 Å². The van der Waals surface area contributed by atoms with Crippen molar-refractivity contribution in [1.29, 1.82) is 0 Å². The van der Waals surface area contributed by atoms with Gasteiger partial charge in [0, 0.05) is 11.8 Å². The number of ketones is 2. The average molecular weight is 346 g/mol. The van der Waals surface area contributed by atoms with Crippen LogP contribution >= 0.6 is 0 Å². The Morgan fingerprint density at radius 2 is 1.38 bits per heavy atom. The molecule has 0 N–H and O–H groups in total. The smallest absolute Gasteiger partial charge is 0.177 e. The number of hydrogen-bond donors (Lipinski definition) is 0. The zero-order valence-electron chi connectivity index (χ0n) is 14.3. The quantitative estimate of drug-likeness (QED) is 0.612. The van der Waals surface area contributed by atoms with Gasteiger partial charge in [0.15, 0.2) is 15.6 Å². The molecular weight excluding hydrogens is 324 g/mol. The van der Waals surface area contributed by atoms with Gasteiger partial charge in [0.1, 0.15) is 11.7 Å². The Labute approximate surface area is 143 Å². The highest BCUT2D eigenvalue weighted by molar-refractivity contribution is 7.90. The molecule has 0 radical (unpaired) electrons. The van der Waals surface area contributed by atoms with E-state index >= 15 is 0 Å². The zero-order chi connectivity index (χ0) is 18.3. The molecular formula is C19H22O4S. The fourth-order valence-electron chi connectivity index (χ4n) is 2.25. The molecule has 1 unspecified atom stereocenters. The van der Waals surface area contributed by atoms with Gasteiger partial charge in [0.25, 0.3) is 0 Å². The second-order valence-corrected chi connectivity index (χ2v) is 7.13. The minimum absolute atomic E-state index is 0.142. The maximum atomic E-state index is 12.6. The van der Waals surface area contributed by atoms with E-state index in [-0.39, 0.29) is 16.5 Å². The number of carbonyl (C=O) groups is 2. The zero-order valence-corrected chi connectivity index (χ0v) is 15.1. The summed E-state index contributed by atoms with van der Waals surface area (Å²) in [7, 11) is -3.31. The van der Waals surface area contributed by atoms with Crippen molar-refractivity contribution in [3.63, 3.8) is 0 Å². The van der Waals surface area contributed by atoms with Crippen LogP contribution in [0.4, 0.5) is 0 Å². The molecule has 0 aliphatic carbocycles. The molecule has 0 spiro atoms. The van der Waals surface area contributed by atoms with E-state index in [1.165, 1.54) is 31.2 Å². The molecule has 0 aromatic heterocycles. The summed E-state index contributed by atoms with van der Waals surface area (Å²) >= 11 is 0. The second kappa shape index (κ2) is 8.55. The van der Waals surface area contributed by atoms with Crippen LogP contribution in [0.15, 0.2) is 59.5 Å². The van der Waals surface area contributed by atoms with E-state index in [4.69, 9.17) is 0 Å². The predicted octanol–water partition coefficient (Wildman–Crippen LogP) is 3.67. The topological polar surface area (TPSA) is 68.3 Å². The van der Waals surface area contributed by atoms with Crippen LogP contribution in [0.3, 0.4) is 0 Å². The fraction of sp³-hybridized carbons (Fsp3) is 0.263. The van der Waals surface area contributed by atoms with Crippen LogP contribution in [0.1, 0.15) is 42.6 Å². The third-order valence-corrected chi connectivity index (χ3v) is 4.50. The number of carbonyl (C=O) groups excluding carboxylic acids is 2. The van der Waals surface area contributed by atoms with E-state index in [9.17, 15) is 18.0 Å². The van der Waals surface area contributed by atoms with Gasteiger partial charge in [0.2, 0.25) is 0 Å². The summed E-state index contributed by atoms with van der Waals surface area (Å²) in [6.45, 7) is 5.38.